The lowest BCUT2D eigenvalue weighted by Gasteiger charge is -2.23. The number of carbonyl (C=O) groups is 1. The molecule has 1 heterocycles. The highest BCUT2D eigenvalue weighted by atomic mass is 32.2. The summed E-state index contributed by atoms with van der Waals surface area (Å²) in [6, 6.07) is 14.6. The van der Waals surface area contributed by atoms with Gasteiger partial charge in [0.1, 0.15) is 0 Å². The van der Waals surface area contributed by atoms with Crippen LogP contribution in [0.25, 0.3) is 0 Å². The van der Waals surface area contributed by atoms with Gasteiger partial charge in [0, 0.05) is 11.7 Å². The summed E-state index contributed by atoms with van der Waals surface area (Å²) in [6.07, 6.45) is 0.781. The van der Waals surface area contributed by atoms with E-state index in [1.807, 2.05) is 43.3 Å². The number of fused-ring (bicyclic) bond motifs is 1. The van der Waals surface area contributed by atoms with Crippen LogP contribution in [-0.4, -0.2) is 26.9 Å². The molecule has 0 aliphatic carbocycles. The molecule has 144 valence electrons. The first-order chi connectivity index (χ1) is 12.6. The summed E-state index contributed by atoms with van der Waals surface area (Å²) in [5.41, 5.74) is 2.98. The SMILES string of the molecule is CC1Cc2ccccc2N1C(=O)CNS(=O)(=O)c1ccc(C(C)(C)C)cc1. The third kappa shape index (κ3) is 4.06. The number of nitrogens with one attached hydrogen (secondary N) is 1. The Morgan fingerprint density at radius 1 is 1.11 bits per heavy atom. The van der Waals surface area contributed by atoms with Gasteiger partial charge in [0.15, 0.2) is 0 Å². The fourth-order valence-corrected chi connectivity index (χ4v) is 4.38. The first-order valence-corrected chi connectivity index (χ1v) is 10.6. The minimum Gasteiger partial charge on any atom is -0.308 e. The molecule has 0 aromatic heterocycles. The van der Waals surface area contributed by atoms with E-state index in [4.69, 9.17) is 0 Å². The van der Waals surface area contributed by atoms with Crippen molar-refractivity contribution in [3.63, 3.8) is 0 Å². The molecule has 3 rings (SSSR count). The molecule has 0 saturated carbocycles. The van der Waals surface area contributed by atoms with E-state index in [1.54, 1.807) is 17.0 Å². The number of nitrogens with zero attached hydrogens (tertiary/aromatic N) is 1. The average Bonchev–Trinajstić information content (AvgIpc) is 2.95. The van der Waals surface area contributed by atoms with Gasteiger partial charge in [0.25, 0.3) is 0 Å². The van der Waals surface area contributed by atoms with Crippen LogP contribution in [0.5, 0.6) is 0 Å². The number of para-hydroxylation sites is 1. The Bertz CT molecular complexity index is 944. The van der Waals surface area contributed by atoms with Crippen molar-refractivity contribution in [1.82, 2.24) is 4.72 Å². The third-order valence-electron chi connectivity index (χ3n) is 4.92. The molecule has 1 aliphatic heterocycles. The van der Waals surface area contributed by atoms with E-state index in [-0.39, 0.29) is 28.8 Å². The number of hydrogen-bond donors (Lipinski definition) is 1. The summed E-state index contributed by atoms with van der Waals surface area (Å²) < 4.78 is 27.6. The number of anilines is 1. The van der Waals surface area contributed by atoms with Crippen molar-refractivity contribution >= 4 is 21.6 Å². The Morgan fingerprint density at radius 2 is 1.74 bits per heavy atom. The topological polar surface area (TPSA) is 66.5 Å². The summed E-state index contributed by atoms with van der Waals surface area (Å²) in [6.45, 7) is 7.92. The van der Waals surface area contributed by atoms with Gasteiger partial charge in [-0.25, -0.2) is 13.1 Å². The smallest absolute Gasteiger partial charge is 0.242 e. The first-order valence-electron chi connectivity index (χ1n) is 9.10. The standard InChI is InChI=1S/C21H26N2O3S/c1-15-13-16-7-5-6-8-19(16)23(15)20(24)14-22-27(25,26)18-11-9-17(10-12-18)21(2,3)4/h5-12,15,22H,13-14H2,1-4H3. The van der Waals surface area contributed by atoms with Crippen LogP contribution in [0.1, 0.15) is 38.8 Å². The highest BCUT2D eigenvalue weighted by molar-refractivity contribution is 7.89. The average molecular weight is 387 g/mol. The van der Waals surface area contributed by atoms with Gasteiger partial charge in [-0.1, -0.05) is 51.1 Å². The van der Waals surface area contributed by atoms with Crippen molar-refractivity contribution in [3.8, 4) is 0 Å². The zero-order valence-electron chi connectivity index (χ0n) is 16.2. The van der Waals surface area contributed by atoms with Crippen molar-refractivity contribution in [2.75, 3.05) is 11.4 Å². The van der Waals surface area contributed by atoms with Crippen molar-refractivity contribution in [1.29, 1.82) is 0 Å². The summed E-state index contributed by atoms with van der Waals surface area (Å²) in [7, 11) is -3.74. The van der Waals surface area contributed by atoms with Crippen LogP contribution < -0.4 is 9.62 Å². The normalized spacial score (nSPS) is 17.0. The Labute approximate surface area is 161 Å². The molecule has 1 unspecified atom stereocenters. The second kappa shape index (κ2) is 7.09. The van der Waals surface area contributed by atoms with Crippen LogP contribution in [0.3, 0.4) is 0 Å². The number of hydrogen-bond acceptors (Lipinski definition) is 3. The summed E-state index contributed by atoms with van der Waals surface area (Å²) >= 11 is 0. The van der Waals surface area contributed by atoms with Gasteiger partial charge >= 0.3 is 0 Å². The molecule has 1 amide bonds. The second-order valence-electron chi connectivity index (χ2n) is 8.04. The maximum Gasteiger partial charge on any atom is 0.242 e. The minimum atomic E-state index is -3.74. The fourth-order valence-electron chi connectivity index (χ4n) is 3.40. The lowest BCUT2D eigenvalue weighted by Crippen LogP contribution is -2.43. The van der Waals surface area contributed by atoms with E-state index in [0.717, 1.165) is 23.2 Å². The largest absolute Gasteiger partial charge is 0.308 e. The van der Waals surface area contributed by atoms with E-state index in [1.165, 1.54) is 0 Å². The van der Waals surface area contributed by atoms with Gasteiger partial charge in [-0.3, -0.25) is 4.79 Å². The maximum atomic E-state index is 12.7. The van der Waals surface area contributed by atoms with Crippen LogP contribution in [0.4, 0.5) is 5.69 Å². The molecule has 5 nitrogen and oxygen atoms in total. The van der Waals surface area contributed by atoms with Crippen molar-refractivity contribution in [2.24, 2.45) is 0 Å². The summed E-state index contributed by atoms with van der Waals surface area (Å²) in [5, 5.41) is 0. The predicted octanol–water partition coefficient (Wildman–Crippen LogP) is 3.24. The van der Waals surface area contributed by atoms with Crippen molar-refractivity contribution < 1.29 is 13.2 Å². The molecule has 0 radical (unpaired) electrons. The van der Waals surface area contributed by atoms with Gasteiger partial charge in [-0.2, -0.15) is 0 Å². The first kappa shape index (κ1) is 19.6. The Morgan fingerprint density at radius 3 is 2.37 bits per heavy atom. The number of benzene rings is 2. The molecule has 2 aromatic rings. The number of amides is 1. The predicted molar refractivity (Wildman–Crippen MR) is 107 cm³/mol. The van der Waals surface area contributed by atoms with Crippen LogP contribution in [0.15, 0.2) is 53.4 Å². The van der Waals surface area contributed by atoms with E-state index in [2.05, 4.69) is 25.5 Å². The molecule has 0 spiro atoms. The monoisotopic (exact) mass is 386 g/mol. The quantitative estimate of drug-likeness (QED) is 0.877. The lowest BCUT2D eigenvalue weighted by molar-refractivity contribution is -0.117. The van der Waals surface area contributed by atoms with E-state index in [0.29, 0.717) is 0 Å². The molecule has 0 bridgehead atoms. The van der Waals surface area contributed by atoms with Gasteiger partial charge < -0.3 is 4.90 Å². The van der Waals surface area contributed by atoms with Gasteiger partial charge in [0.2, 0.25) is 15.9 Å². The summed E-state index contributed by atoms with van der Waals surface area (Å²) in [5.74, 6) is -0.248. The lowest BCUT2D eigenvalue weighted by atomic mass is 9.87. The molecule has 27 heavy (non-hydrogen) atoms. The molecule has 1 N–H and O–H groups in total. The number of sulfonamides is 1. The molecular weight excluding hydrogens is 360 g/mol. The second-order valence-corrected chi connectivity index (χ2v) is 9.81. The zero-order valence-corrected chi connectivity index (χ0v) is 17.0. The van der Waals surface area contributed by atoms with Crippen molar-refractivity contribution in [2.45, 2.75) is 50.5 Å². The molecule has 6 heteroatoms. The molecule has 0 saturated heterocycles. The minimum absolute atomic E-state index is 0.0190. The molecule has 2 aromatic carbocycles. The van der Waals surface area contributed by atoms with Gasteiger partial charge in [0.05, 0.1) is 11.4 Å². The Hall–Kier alpha value is -2.18. The van der Waals surface area contributed by atoms with Crippen LogP contribution >= 0.6 is 0 Å². The Kier molecular flexibility index (Phi) is 5.14. The highest BCUT2D eigenvalue weighted by Crippen LogP contribution is 2.31. The van der Waals surface area contributed by atoms with E-state index < -0.39 is 10.0 Å². The van der Waals surface area contributed by atoms with E-state index in [9.17, 15) is 13.2 Å². The number of rotatable bonds is 4. The van der Waals surface area contributed by atoms with Crippen LogP contribution in [0, 0.1) is 0 Å². The van der Waals surface area contributed by atoms with Crippen molar-refractivity contribution in [3.05, 3.63) is 59.7 Å². The number of carbonyl (C=O) groups excluding carboxylic acids is 1. The maximum absolute atomic E-state index is 12.7. The molecular formula is C21H26N2O3S. The van der Waals surface area contributed by atoms with Crippen LogP contribution in [0.2, 0.25) is 0 Å². The third-order valence-corrected chi connectivity index (χ3v) is 6.34. The highest BCUT2D eigenvalue weighted by Gasteiger charge is 2.31. The molecule has 0 fully saturated rings. The van der Waals surface area contributed by atoms with Gasteiger partial charge in [-0.05, 0) is 48.1 Å². The van der Waals surface area contributed by atoms with E-state index >= 15 is 0 Å². The zero-order chi connectivity index (χ0) is 19.8. The Balaban J connectivity index is 1.71. The summed E-state index contributed by atoms with van der Waals surface area (Å²) in [4.78, 5) is 14.5. The van der Waals surface area contributed by atoms with Gasteiger partial charge in [-0.15, -0.1) is 0 Å². The molecule has 1 aliphatic rings. The molecule has 1 atom stereocenters. The fraction of sp³-hybridized carbons (Fsp3) is 0.381. The van der Waals surface area contributed by atoms with Crippen LogP contribution in [-0.2, 0) is 26.7 Å².